The summed E-state index contributed by atoms with van der Waals surface area (Å²) in [6.07, 6.45) is 7.51. The SMILES string of the molecule is O=S(=O)(NC1CCSC1)c1cnn(CCCNC2CC2)c1. The summed E-state index contributed by atoms with van der Waals surface area (Å²) in [5.41, 5.74) is 0. The van der Waals surface area contributed by atoms with Gasteiger partial charge in [0.05, 0.1) is 6.20 Å². The molecule has 1 atom stereocenters. The highest BCUT2D eigenvalue weighted by molar-refractivity contribution is 7.99. The highest BCUT2D eigenvalue weighted by Gasteiger charge is 2.24. The van der Waals surface area contributed by atoms with Crippen LogP contribution in [0, 0.1) is 0 Å². The molecule has 118 valence electrons. The summed E-state index contributed by atoms with van der Waals surface area (Å²) < 4.78 is 29.0. The van der Waals surface area contributed by atoms with E-state index in [1.54, 1.807) is 22.6 Å². The molecule has 0 radical (unpaired) electrons. The summed E-state index contributed by atoms with van der Waals surface area (Å²) in [4.78, 5) is 0.273. The minimum atomic E-state index is -3.42. The number of hydrogen-bond acceptors (Lipinski definition) is 5. The molecule has 1 aliphatic carbocycles. The fourth-order valence-corrected chi connectivity index (χ4v) is 4.84. The van der Waals surface area contributed by atoms with Crippen LogP contribution in [0.15, 0.2) is 17.3 Å². The Labute approximate surface area is 130 Å². The normalized spacial score (nSPS) is 22.8. The Bertz CT molecular complexity index is 562. The van der Waals surface area contributed by atoms with Crippen molar-refractivity contribution in [2.45, 2.75) is 49.2 Å². The van der Waals surface area contributed by atoms with Crippen molar-refractivity contribution in [3.63, 3.8) is 0 Å². The number of thioether (sulfide) groups is 1. The number of nitrogens with zero attached hydrogens (tertiary/aromatic N) is 2. The van der Waals surface area contributed by atoms with E-state index in [0.29, 0.717) is 6.04 Å². The minimum Gasteiger partial charge on any atom is -0.314 e. The number of sulfonamides is 1. The monoisotopic (exact) mass is 330 g/mol. The lowest BCUT2D eigenvalue weighted by molar-refractivity contribution is 0.540. The van der Waals surface area contributed by atoms with Crippen molar-refractivity contribution in [3.8, 4) is 0 Å². The Balaban J connectivity index is 1.50. The highest BCUT2D eigenvalue weighted by atomic mass is 32.2. The predicted octanol–water partition coefficient (Wildman–Crippen LogP) is 0.809. The third kappa shape index (κ3) is 4.45. The van der Waals surface area contributed by atoms with E-state index >= 15 is 0 Å². The van der Waals surface area contributed by atoms with Gasteiger partial charge in [0, 0.05) is 30.6 Å². The van der Waals surface area contributed by atoms with E-state index in [1.807, 2.05) is 0 Å². The summed E-state index contributed by atoms with van der Waals surface area (Å²) in [5, 5.41) is 7.59. The van der Waals surface area contributed by atoms with Gasteiger partial charge in [0.15, 0.2) is 0 Å². The van der Waals surface area contributed by atoms with Gasteiger partial charge < -0.3 is 5.32 Å². The standard InChI is InChI=1S/C13H22N4O2S2/c18-21(19,16-12-4-7-20-10-12)13-8-15-17(9-13)6-1-5-14-11-2-3-11/h8-9,11-12,14,16H,1-7,10H2. The number of rotatable bonds is 8. The highest BCUT2D eigenvalue weighted by Crippen LogP contribution is 2.20. The lowest BCUT2D eigenvalue weighted by atomic mass is 10.3. The van der Waals surface area contributed by atoms with Gasteiger partial charge >= 0.3 is 0 Å². The van der Waals surface area contributed by atoms with E-state index in [4.69, 9.17) is 0 Å². The van der Waals surface area contributed by atoms with Crippen LogP contribution in [0.5, 0.6) is 0 Å². The zero-order valence-electron chi connectivity index (χ0n) is 12.0. The van der Waals surface area contributed by atoms with Crippen LogP contribution in [0.4, 0.5) is 0 Å². The van der Waals surface area contributed by atoms with Gasteiger partial charge in [0.2, 0.25) is 10.0 Å². The molecule has 3 rings (SSSR count). The first-order valence-corrected chi connectivity index (χ1v) is 10.1. The second-order valence-electron chi connectivity index (χ2n) is 5.70. The molecule has 0 spiro atoms. The molecule has 6 nitrogen and oxygen atoms in total. The molecular formula is C13H22N4O2S2. The summed E-state index contributed by atoms with van der Waals surface area (Å²) in [7, 11) is -3.42. The molecule has 0 aromatic carbocycles. The van der Waals surface area contributed by atoms with Crippen LogP contribution in [0.2, 0.25) is 0 Å². The molecule has 0 amide bonds. The maximum atomic E-state index is 12.2. The van der Waals surface area contributed by atoms with E-state index in [-0.39, 0.29) is 10.9 Å². The topological polar surface area (TPSA) is 76.0 Å². The Morgan fingerprint density at radius 3 is 2.90 bits per heavy atom. The van der Waals surface area contributed by atoms with Gasteiger partial charge in [-0.05, 0) is 38.0 Å². The van der Waals surface area contributed by atoms with Gasteiger partial charge in [-0.15, -0.1) is 0 Å². The number of nitrogens with one attached hydrogen (secondary N) is 2. The van der Waals surface area contributed by atoms with Gasteiger partial charge in [-0.1, -0.05) is 0 Å². The molecule has 1 aliphatic heterocycles. The Kier molecular flexibility index (Phi) is 4.88. The van der Waals surface area contributed by atoms with Crippen LogP contribution in [-0.2, 0) is 16.6 Å². The van der Waals surface area contributed by atoms with Crippen LogP contribution >= 0.6 is 11.8 Å². The van der Waals surface area contributed by atoms with Gasteiger partial charge in [-0.3, -0.25) is 4.68 Å². The first-order valence-electron chi connectivity index (χ1n) is 7.49. The van der Waals surface area contributed by atoms with Crippen molar-refractivity contribution in [2.24, 2.45) is 0 Å². The maximum absolute atomic E-state index is 12.2. The summed E-state index contributed by atoms with van der Waals surface area (Å²) in [6.45, 7) is 1.71. The summed E-state index contributed by atoms with van der Waals surface area (Å²) in [6, 6.07) is 0.776. The van der Waals surface area contributed by atoms with Crippen LogP contribution in [0.1, 0.15) is 25.7 Å². The van der Waals surface area contributed by atoms with Crippen molar-refractivity contribution in [1.29, 1.82) is 0 Å². The molecule has 1 saturated heterocycles. The quantitative estimate of drug-likeness (QED) is 0.690. The minimum absolute atomic E-state index is 0.0612. The number of hydrogen-bond donors (Lipinski definition) is 2. The Morgan fingerprint density at radius 1 is 1.33 bits per heavy atom. The molecule has 2 N–H and O–H groups in total. The fraction of sp³-hybridized carbons (Fsp3) is 0.769. The van der Waals surface area contributed by atoms with Crippen molar-refractivity contribution >= 4 is 21.8 Å². The third-order valence-electron chi connectivity index (χ3n) is 3.75. The number of aryl methyl sites for hydroxylation is 1. The molecule has 21 heavy (non-hydrogen) atoms. The average molecular weight is 330 g/mol. The molecule has 1 saturated carbocycles. The van der Waals surface area contributed by atoms with Crippen molar-refractivity contribution < 1.29 is 8.42 Å². The lowest BCUT2D eigenvalue weighted by Crippen LogP contribution is -2.34. The van der Waals surface area contributed by atoms with Crippen molar-refractivity contribution in [3.05, 3.63) is 12.4 Å². The number of aromatic nitrogens is 2. The molecule has 0 bridgehead atoms. The zero-order valence-corrected chi connectivity index (χ0v) is 13.6. The molecule has 1 aromatic heterocycles. The average Bonchev–Trinajstić information content (AvgIpc) is 2.92. The van der Waals surface area contributed by atoms with E-state index in [0.717, 1.165) is 37.4 Å². The van der Waals surface area contributed by atoms with Gasteiger partial charge in [0.25, 0.3) is 0 Å². The largest absolute Gasteiger partial charge is 0.314 e. The van der Waals surface area contributed by atoms with Crippen molar-refractivity contribution in [1.82, 2.24) is 19.8 Å². The molecule has 2 aliphatic rings. The molecule has 1 unspecified atom stereocenters. The second kappa shape index (κ2) is 6.68. The second-order valence-corrected chi connectivity index (χ2v) is 8.57. The van der Waals surface area contributed by atoms with E-state index < -0.39 is 10.0 Å². The predicted molar refractivity (Wildman–Crippen MR) is 83.9 cm³/mol. The van der Waals surface area contributed by atoms with Gasteiger partial charge in [-0.25, -0.2) is 13.1 Å². The summed E-state index contributed by atoms with van der Waals surface area (Å²) >= 11 is 1.79. The fourth-order valence-electron chi connectivity index (χ4n) is 2.36. The molecular weight excluding hydrogens is 308 g/mol. The van der Waals surface area contributed by atoms with Crippen LogP contribution < -0.4 is 10.0 Å². The molecule has 2 fully saturated rings. The lowest BCUT2D eigenvalue weighted by Gasteiger charge is -2.10. The van der Waals surface area contributed by atoms with Crippen molar-refractivity contribution in [2.75, 3.05) is 18.1 Å². The third-order valence-corrected chi connectivity index (χ3v) is 6.38. The van der Waals surface area contributed by atoms with Crippen LogP contribution in [0.25, 0.3) is 0 Å². The summed E-state index contributed by atoms with van der Waals surface area (Å²) in [5.74, 6) is 1.89. The van der Waals surface area contributed by atoms with Crippen LogP contribution in [-0.4, -0.2) is 48.3 Å². The Morgan fingerprint density at radius 2 is 2.19 bits per heavy atom. The molecule has 1 aromatic rings. The van der Waals surface area contributed by atoms with E-state index in [1.165, 1.54) is 19.0 Å². The van der Waals surface area contributed by atoms with E-state index in [9.17, 15) is 8.42 Å². The maximum Gasteiger partial charge on any atom is 0.243 e. The van der Waals surface area contributed by atoms with E-state index in [2.05, 4.69) is 15.1 Å². The Hall–Kier alpha value is -0.570. The molecule has 8 heteroatoms. The van der Waals surface area contributed by atoms with Gasteiger partial charge in [-0.2, -0.15) is 16.9 Å². The van der Waals surface area contributed by atoms with Crippen LogP contribution in [0.3, 0.4) is 0 Å². The smallest absolute Gasteiger partial charge is 0.243 e. The van der Waals surface area contributed by atoms with Gasteiger partial charge in [0.1, 0.15) is 4.90 Å². The first kappa shape index (κ1) is 15.3. The zero-order chi connectivity index (χ0) is 14.7. The molecule has 2 heterocycles. The first-order chi connectivity index (χ1) is 10.1.